The van der Waals surface area contributed by atoms with Gasteiger partial charge in [-0.2, -0.15) is 0 Å². The zero-order chi connectivity index (χ0) is 20.0. The fourth-order valence-corrected chi connectivity index (χ4v) is 2.10. The summed E-state index contributed by atoms with van der Waals surface area (Å²) in [6, 6.07) is 8.97. The highest BCUT2D eigenvalue weighted by atomic mass is 19.4. The number of alkyl halides is 3. The number of methoxy groups -OCH3 is 1. The van der Waals surface area contributed by atoms with Crippen molar-refractivity contribution in [1.82, 2.24) is 0 Å². The maximum absolute atomic E-state index is 12.1. The Balaban J connectivity index is 2.06. The first-order valence-corrected chi connectivity index (χ1v) is 7.42. The SMILES string of the molecule is COc1ccc([N+](=O)[O-])cc1CN=C(N)Nc1ccc(OC(F)(F)F)cc1. The quantitative estimate of drug-likeness (QED) is 0.342. The number of nitrogens with zero attached hydrogens (tertiary/aromatic N) is 2. The maximum atomic E-state index is 12.1. The van der Waals surface area contributed by atoms with Crippen LogP contribution in [0, 0.1) is 10.1 Å². The van der Waals surface area contributed by atoms with Gasteiger partial charge in [-0.25, -0.2) is 4.99 Å². The summed E-state index contributed by atoms with van der Waals surface area (Å²) in [6.45, 7) is -0.00104. The third-order valence-electron chi connectivity index (χ3n) is 3.25. The Morgan fingerprint density at radius 1 is 1.26 bits per heavy atom. The highest BCUT2D eigenvalue weighted by Crippen LogP contribution is 2.25. The Bertz CT molecular complexity index is 839. The Morgan fingerprint density at radius 2 is 1.93 bits per heavy atom. The van der Waals surface area contributed by atoms with Gasteiger partial charge in [0.15, 0.2) is 5.96 Å². The molecule has 27 heavy (non-hydrogen) atoms. The van der Waals surface area contributed by atoms with Crippen molar-refractivity contribution in [3.05, 3.63) is 58.1 Å². The van der Waals surface area contributed by atoms with Gasteiger partial charge in [0, 0.05) is 23.4 Å². The van der Waals surface area contributed by atoms with Crippen LogP contribution in [0.2, 0.25) is 0 Å². The second kappa shape index (κ2) is 8.25. The van der Waals surface area contributed by atoms with Crippen molar-refractivity contribution in [2.45, 2.75) is 12.9 Å². The van der Waals surface area contributed by atoms with Gasteiger partial charge in [0.1, 0.15) is 11.5 Å². The van der Waals surface area contributed by atoms with E-state index in [-0.39, 0.29) is 23.9 Å². The molecular formula is C16H15F3N4O4. The van der Waals surface area contributed by atoms with Gasteiger partial charge in [0.05, 0.1) is 18.6 Å². The molecule has 0 spiro atoms. The van der Waals surface area contributed by atoms with E-state index in [1.54, 1.807) is 0 Å². The predicted octanol–water partition coefficient (Wildman–Crippen LogP) is 3.43. The largest absolute Gasteiger partial charge is 0.573 e. The van der Waals surface area contributed by atoms with Crippen molar-refractivity contribution in [1.29, 1.82) is 0 Å². The monoisotopic (exact) mass is 384 g/mol. The van der Waals surface area contributed by atoms with Crippen molar-refractivity contribution in [3.63, 3.8) is 0 Å². The number of hydrogen-bond acceptors (Lipinski definition) is 5. The molecule has 11 heteroatoms. The zero-order valence-electron chi connectivity index (χ0n) is 14.0. The Kier molecular flexibility index (Phi) is 6.06. The molecule has 0 aromatic heterocycles. The Hall–Kier alpha value is -3.50. The molecule has 0 fully saturated rings. The molecule has 144 valence electrons. The molecule has 0 aliphatic rings. The lowest BCUT2D eigenvalue weighted by Gasteiger charge is -2.10. The highest BCUT2D eigenvalue weighted by molar-refractivity contribution is 5.92. The van der Waals surface area contributed by atoms with E-state index in [9.17, 15) is 23.3 Å². The summed E-state index contributed by atoms with van der Waals surface area (Å²) in [7, 11) is 1.42. The lowest BCUT2D eigenvalue weighted by molar-refractivity contribution is -0.384. The molecule has 2 aromatic rings. The first-order chi connectivity index (χ1) is 12.7. The first kappa shape index (κ1) is 19.8. The minimum atomic E-state index is -4.77. The van der Waals surface area contributed by atoms with E-state index in [1.807, 2.05) is 0 Å². The number of aliphatic imine (C=N–C) groups is 1. The van der Waals surface area contributed by atoms with Crippen molar-refractivity contribution in [2.24, 2.45) is 10.7 Å². The molecule has 0 unspecified atom stereocenters. The van der Waals surface area contributed by atoms with Crippen LogP contribution >= 0.6 is 0 Å². The van der Waals surface area contributed by atoms with Crippen molar-refractivity contribution in [2.75, 3.05) is 12.4 Å². The lowest BCUT2D eigenvalue weighted by atomic mass is 10.2. The molecule has 0 saturated carbocycles. The summed E-state index contributed by atoms with van der Waals surface area (Å²) in [5.41, 5.74) is 6.45. The first-order valence-electron chi connectivity index (χ1n) is 7.42. The molecule has 0 atom stereocenters. The number of hydrogen-bond donors (Lipinski definition) is 2. The summed E-state index contributed by atoms with van der Waals surface area (Å²) < 4.78 is 45.3. The molecule has 0 bridgehead atoms. The van der Waals surface area contributed by atoms with E-state index in [2.05, 4.69) is 15.0 Å². The number of ether oxygens (including phenoxy) is 2. The third kappa shape index (κ3) is 6.06. The van der Waals surface area contributed by atoms with Crippen LogP contribution in [0.1, 0.15) is 5.56 Å². The standard InChI is InChI=1S/C16H15F3N4O4/c1-26-14-7-4-12(23(24)25)8-10(14)9-21-15(20)22-11-2-5-13(6-3-11)27-16(17,18)19/h2-8H,9H2,1H3,(H3,20,21,22). The summed E-state index contributed by atoms with van der Waals surface area (Å²) in [4.78, 5) is 14.4. The molecule has 0 amide bonds. The van der Waals surface area contributed by atoms with E-state index in [4.69, 9.17) is 10.5 Å². The van der Waals surface area contributed by atoms with E-state index in [1.165, 1.54) is 37.4 Å². The van der Waals surface area contributed by atoms with Crippen LogP contribution in [0.4, 0.5) is 24.5 Å². The summed E-state index contributed by atoms with van der Waals surface area (Å²) in [5, 5.41) is 13.6. The van der Waals surface area contributed by atoms with Gasteiger partial charge in [0.2, 0.25) is 0 Å². The summed E-state index contributed by atoms with van der Waals surface area (Å²) in [5.74, 6) is 0.00347. The van der Waals surface area contributed by atoms with E-state index < -0.39 is 11.3 Å². The van der Waals surface area contributed by atoms with Gasteiger partial charge >= 0.3 is 6.36 Å². The van der Waals surface area contributed by atoms with Gasteiger partial charge in [-0.3, -0.25) is 10.1 Å². The number of anilines is 1. The van der Waals surface area contributed by atoms with Crippen LogP contribution in [0.15, 0.2) is 47.5 Å². The molecule has 0 aliphatic carbocycles. The molecule has 0 aliphatic heterocycles. The minimum Gasteiger partial charge on any atom is -0.496 e. The fraction of sp³-hybridized carbons (Fsp3) is 0.188. The Labute approximate surface area is 151 Å². The van der Waals surface area contributed by atoms with Gasteiger partial charge in [-0.15, -0.1) is 13.2 Å². The lowest BCUT2D eigenvalue weighted by Crippen LogP contribution is -2.22. The normalized spacial score (nSPS) is 11.8. The van der Waals surface area contributed by atoms with Gasteiger partial charge < -0.3 is 20.5 Å². The van der Waals surface area contributed by atoms with E-state index in [0.717, 1.165) is 12.1 Å². The molecule has 0 heterocycles. The number of nitrogens with two attached hydrogens (primary N) is 1. The number of nitrogens with one attached hydrogen (secondary N) is 1. The van der Waals surface area contributed by atoms with E-state index >= 15 is 0 Å². The molecule has 0 radical (unpaired) electrons. The van der Waals surface area contributed by atoms with Gasteiger partial charge in [-0.1, -0.05) is 0 Å². The number of benzene rings is 2. The van der Waals surface area contributed by atoms with Crippen molar-refractivity contribution >= 4 is 17.3 Å². The van der Waals surface area contributed by atoms with Crippen LogP contribution in [0.25, 0.3) is 0 Å². The molecule has 8 nitrogen and oxygen atoms in total. The van der Waals surface area contributed by atoms with Crippen molar-refractivity contribution in [3.8, 4) is 11.5 Å². The average molecular weight is 384 g/mol. The maximum Gasteiger partial charge on any atom is 0.573 e. The average Bonchev–Trinajstić information content (AvgIpc) is 2.60. The highest BCUT2D eigenvalue weighted by Gasteiger charge is 2.30. The number of nitro benzene ring substituents is 1. The van der Waals surface area contributed by atoms with Crippen LogP contribution in [-0.2, 0) is 6.54 Å². The number of halogens is 3. The predicted molar refractivity (Wildman–Crippen MR) is 91.7 cm³/mol. The topological polar surface area (TPSA) is 112 Å². The zero-order valence-corrected chi connectivity index (χ0v) is 14.0. The number of non-ortho nitro benzene ring substituents is 1. The van der Waals surface area contributed by atoms with E-state index in [0.29, 0.717) is 17.0 Å². The molecule has 3 N–H and O–H groups in total. The number of nitro groups is 1. The van der Waals surface area contributed by atoms with Crippen molar-refractivity contribution < 1.29 is 27.6 Å². The van der Waals surface area contributed by atoms with Crippen LogP contribution in [-0.4, -0.2) is 24.4 Å². The molecule has 0 saturated heterocycles. The third-order valence-corrected chi connectivity index (χ3v) is 3.25. The molecule has 2 aromatic carbocycles. The molecular weight excluding hydrogens is 369 g/mol. The smallest absolute Gasteiger partial charge is 0.496 e. The second-order valence-electron chi connectivity index (χ2n) is 5.15. The number of rotatable bonds is 6. The Morgan fingerprint density at radius 3 is 2.48 bits per heavy atom. The fourth-order valence-electron chi connectivity index (χ4n) is 2.10. The minimum absolute atomic E-state index is 0.00104. The van der Waals surface area contributed by atoms with Gasteiger partial charge in [0.25, 0.3) is 5.69 Å². The number of guanidine groups is 1. The molecule has 2 rings (SSSR count). The second-order valence-corrected chi connectivity index (χ2v) is 5.15. The van der Waals surface area contributed by atoms with Crippen LogP contribution < -0.4 is 20.5 Å². The summed E-state index contributed by atoms with van der Waals surface area (Å²) >= 11 is 0. The summed E-state index contributed by atoms with van der Waals surface area (Å²) in [6.07, 6.45) is -4.77. The van der Waals surface area contributed by atoms with Crippen LogP contribution in [0.3, 0.4) is 0 Å². The van der Waals surface area contributed by atoms with Gasteiger partial charge in [-0.05, 0) is 30.3 Å². The van der Waals surface area contributed by atoms with Crippen LogP contribution in [0.5, 0.6) is 11.5 Å².